The molecule has 0 atom stereocenters. The number of hydrogen-bond donors (Lipinski definition) is 3. The molecule has 41 heavy (non-hydrogen) atoms. The molecule has 0 saturated carbocycles. The van der Waals surface area contributed by atoms with Crippen LogP contribution in [0.5, 0.6) is 23.1 Å². The van der Waals surface area contributed by atoms with Crippen molar-refractivity contribution in [2.24, 2.45) is 0 Å². The lowest BCUT2D eigenvalue weighted by atomic mass is 9.86. The number of sulfonamides is 1. The Hall–Kier alpha value is -4.33. The van der Waals surface area contributed by atoms with Gasteiger partial charge in [-0.1, -0.05) is 38.0 Å². The fraction of sp³-hybridized carbons (Fsp3) is 0.286. The number of hydrogen-bond acceptors (Lipinski definition) is 11. The predicted octanol–water partition coefficient (Wildman–Crippen LogP) is 3.57. The van der Waals surface area contributed by atoms with Gasteiger partial charge in [0.1, 0.15) is 6.61 Å². The molecule has 0 saturated heterocycles. The van der Waals surface area contributed by atoms with Gasteiger partial charge in [0, 0.05) is 26.0 Å². The quantitative estimate of drug-likeness (QED) is 0.209. The van der Waals surface area contributed by atoms with E-state index < -0.39 is 58.6 Å². The van der Waals surface area contributed by atoms with Crippen molar-refractivity contribution in [2.45, 2.75) is 30.9 Å². The minimum Gasteiger partial charge on any atom is -0.490 e. The zero-order valence-corrected chi connectivity index (χ0v) is 22.4. The molecule has 0 fully saturated rings. The third-order valence-corrected chi connectivity index (χ3v) is 6.64. The Morgan fingerprint density at radius 1 is 0.951 bits per heavy atom. The Labute approximate surface area is 249 Å². The molecule has 0 unspecified atom stereocenters. The van der Waals surface area contributed by atoms with Crippen LogP contribution in [0.2, 0.25) is 0 Å². The van der Waals surface area contributed by atoms with Crippen molar-refractivity contribution in [2.75, 3.05) is 31.1 Å². The molecule has 13 heteroatoms. The predicted molar refractivity (Wildman–Crippen MR) is 151 cm³/mol. The van der Waals surface area contributed by atoms with Gasteiger partial charge in [0.15, 0.2) is 23.1 Å². The number of aromatic nitrogens is 4. The molecular weight excluding hydrogens is 550 g/mol. The highest BCUT2D eigenvalue weighted by Crippen LogP contribution is 2.41. The third-order valence-electron chi connectivity index (χ3n) is 5.29. The number of benzene rings is 2. The van der Waals surface area contributed by atoms with Crippen LogP contribution in [0.15, 0.2) is 71.9 Å². The maximum absolute atomic E-state index is 13.8. The summed E-state index contributed by atoms with van der Waals surface area (Å²) in [7, 11) is -4.69. The number of aliphatic hydroxyl groups excluding tert-OH is 1. The zero-order valence-electron chi connectivity index (χ0n) is 29.6. The monoisotopic (exact) mass is 589 g/mol. The smallest absolute Gasteiger partial charge is 0.263 e. The second-order valence-electron chi connectivity index (χ2n) is 8.15. The molecule has 12 nitrogen and oxygen atoms in total. The van der Waals surface area contributed by atoms with Crippen molar-refractivity contribution in [3.8, 4) is 34.8 Å². The van der Waals surface area contributed by atoms with Crippen LogP contribution in [0.25, 0.3) is 11.6 Å². The summed E-state index contributed by atoms with van der Waals surface area (Å²) >= 11 is 0. The van der Waals surface area contributed by atoms with Crippen LogP contribution < -0.4 is 18.9 Å². The van der Waals surface area contributed by atoms with Gasteiger partial charge < -0.3 is 24.4 Å². The number of aliphatic hydroxyl groups is 2. The molecule has 2 aromatic carbocycles. The number of anilines is 1. The van der Waals surface area contributed by atoms with Gasteiger partial charge in [-0.2, -0.15) is 4.98 Å². The molecule has 4 rings (SSSR count). The summed E-state index contributed by atoms with van der Waals surface area (Å²) in [5, 5.41) is 19.8. The van der Waals surface area contributed by atoms with Gasteiger partial charge in [-0.25, -0.2) is 23.4 Å². The summed E-state index contributed by atoms with van der Waals surface area (Å²) in [5.74, 6) is -1.04. The third kappa shape index (κ3) is 7.06. The summed E-state index contributed by atoms with van der Waals surface area (Å²) in [5.41, 5.74) is -4.16. The van der Waals surface area contributed by atoms with Crippen LogP contribution >= 0.6 is 0 Å². The highest BCUT2D eigenvalue weighted by Gasteiger charge is 2.27. The normalized spacial score (nSPS) is 15.5. The maximum atomic E-state index is 13.8. The van der Waals surface area contributed by atoms with Crippen LogP contribution in [0.4, 0.5) is 5.82 Å². The summed E-state index contributed by atoms with van der Waals surface area (Å²) in [6.07, 6.45) is 2.78. The number of para-hydroxylation sites is 2. The molecule has 2 heterocycles. The first-order chi connectivity index (χ1) is 22.9. The van der Waals surface area contributed by atoms with E-state index in [4.69, 9.17) is 25.2 Å². The molecule has 216 valence electrons. The molecule has 0 aliphatic carbocycles. The molecule has 2 aromatic heterocycles. The second kappa shape index (κ2) is 12.9. The Kier molecular flexibility index (Phi) is 6.46. The van der Waals surface area contributed by atoms with E-state index in [0.717, 1.165) is 24.3 Å². The van der Waals surface area contributed by atoms with Crippen molar-refractivity contribution in [3.63, 3.8) is 0 Å². The van der Waals surface area contributed by atoms with Crippen molar-refractivity contribution in [1.82, 2.24) is 19.9 Å². The van der Waals surface area contributed by atoms with E-state index in [2.05, 4.69) is 24.7 Å². The molecule has 0 aliphatic rings. The van der Waals surface area contributed by atoms with E-state index in [9.17, 15) is 18.6 Å². The van der Waals surface area contributed by atoms with Crippen LogP contribution in [-0.2, 0) is 15.4 Å². The fourth-order valence-corrected chi connectivity index (χ4v) is 4.40. The van der Waals surface area contributed by atoms with Gasteiger partial charge in [-0.3, -0.25) is 4.72 Å². The average Bonchev–Trinajstić information content (AvgIpc) is 3.00. The Morgan fingerprint density at radius 2 is 1.66 bits per heavy atom. The van der Waals surface area contributed by atoms with Gasteiger partial charge in [0.2, 0.25) is 11.6 Å². The van der Waals surface area contributed by atoms with E-state index in [1.54, 1.807) is 25.1 Å². The lowest BCUT2D eigenvalue weighted by Crippen LogP contribution is -2.22. The molecular formula is C28H31N5O7S. The highest BCUT2D eigenvalue weighted by molar-refractivity contribution is 7.92. The first kappa shape index (κ1) is 20.5. The average molecular weight is 590 g/mol. The first-order valence-corrected chi connectivity index (χ1v) is 13.5. The summed E-state index contributed by atoms with van der Waals surface area (Å²) < 4.78 is 110. The molecule has 0 aliphatic heterocycles. The molecule has 0 radical (unpaired) electrons. The molecule has 0 bridgehead atoms. The summed E-state index contributed by atoms with van der Waals surface area (Å²) in [6.45, 7) is -9.77. The number of ether oxygens (including phenoxy) is 3. The fourth-order valence-electron chi connectivity index (χ4n) is 3.40. The van der Waals surface area contributed by atoms with Crippen LogP contribution in [-0.4, -0.2) is 64.9 Å². The molecule has 0 spiro atoms. The van der Waals surface area contributed by atoms with E-state index >= 15 is 0 Å². The van der Waals surface area contributed by atoms with E-state index in [1.165, 1.54) is 24.5 Å². The largest absolute Gasteiger partial charge is 0.490 e. The Balaban J connectivity index is 1.88. The molecule has 3 N–H and O–H groups in total. The molecule has 4 aromatic rings. The standard InChI is InChI=1S/C28H31N5O7S/c1-4-38-21-8-5-6-9-22(21)40-23-24(31-26(25-29-14-7-15-30-25)32-27(23)39-17-16-34)33-41(36,37)20-12-10-19(11-13-20)28(2,3)18-35/h5-15,34-35H,4,16-18H2,1-3H3,(H,31,32,33)/i2D3,3D3,18D2. The number of nitrogens with zero attached hydrogens (tertiary/aromatic N) is 4. The van der Waals surface area contributed by atoms with Crippen molar-refractivity contribution >= 4 is 15.8 Å². The van der Waals surface area contributed by atoms with Gasteiger partial charge >= 0.3 is 0 Å². The topological polar surface area (TPSA) is 166 Å². The van der Waals surface area contributed by atoms with Crippen LogP contribution in [0.3, 0.4) is 0 Å². The lowest BCUT2D eigenvalue weighted by Gasteiger charge is -2.22. The lowest BCUT2D eigenvalue weighted by molar-refractivity contribution is 0.192. The van der Waals surface area contributed by atoms with E-state index in [-0.39, 0.29) is 48.0 Å². The highest BCUT2D eigenvalue weighted by atomic mass is 32.2. The van der Waals surface area contributed by atoms with Gasteiger partial charge in [0.25, 0.3) is 15.9 Å². The van der Waals surface area contributed by atoms with Gasteiger partial charge in [0.05, 0.1) is 27.4 Å². The number of nitrogens with one attached hydrogen (secondary N) is 1. The minimum absolute atomic E-state index is 0.0358. The van der Waals surface area contributed by atoms with Crippen LogP contribution in [0, 0.1) is 0 Å². The van der Waals surface area contributed by atoms with Crippen molar-refractivity contribution < 1.29 is 43.8 Å². The first-order valence-electron chi connectivity index (χ1n) is 16.1. The summed E-state index contributed by atoms with van der Waals surface area (Å²) in [4.78, 5) is 16.2. The second-order valence-corrected chi connectivity index (χ2v) is 9.83. The Morgan fingerprint density at radius 3 is 2.29 bits per heavy atom. The Bertz CT molecular complexity index is 1820. The van der Waals surface area contributed by atoms with Gasteiger partial charge in [-0.05, 0) is 42.8 Å². The zero-order chi connectivity index (χ0) is 36.3. The van der Waals surface area contributed by atoms with Gasteiger partial charge in [-0.15, -0.1) is 0 Å². The van der Waals surface area contributed by atoms with Crippen molar-refractivity contribution in [1.29, 1.82) is 0 Å². The van der Waals surface area contributed by atoms with E-state index in [0.29, 0.717) is 0 Å². The SMILES string of the molecule is [2H]C([2H])([2H])C(c1ccc(S(=O)(=O)Nc2nc(-c3ncccn3)nc(OCCO)c2Oc2ccccc2OCC)cc1)(C([2H])([2H])[2H])C([2H])([2H])O. The van der Waals surface area contributed by atoms with Crippen molar-refractivity contribution in [3.05, 3.63) is 72.6 Å². The van der Waals surface area contributed by atoms with E-state index in [1.807, 2.05) is 0 Å². The number of rotatable bonds is 13. The summed E-state index contributed by atoms with van der Waals surface area (Å²) in [6, 6.07) is 11.2. The van der Waals surface area contributed by atoms with Crippen LogP contribution in [0.1, 0.15) is 37.2 Å². The molecule has 0 amide bonds. The maximum Gasteiger partial charge on any atom is 0.263 e. The minimum atomic E-state index is -4.69.